The summed E-state index contributed by atoms with van der Waals surface area (Å²) in [5.41, 5.74) is -2.56. The maximum Gasteiger partial charge on any atom is 0.306 e. The minimum Gasteiger partial charge on any atom is -0.462 e. The molecule has 0 saturated heterocycles. The molecule has 5 saturated carbocycles. The minimum atomic E-state index is -1.81. The predicted octanol–water partition coefficient (Wildman–Crippen LogP) is 5.08. The van der Waals surface area contributed by atoms with Crippen LogP contribution in [0.25, 0.3) is 0 Å². The number of carbonyl (C=O) groups excluding carboxylic acids is 3. The molecule has 0 amide bonds. The van der Waals surface area contributed by atoms with E-state index >= 15 is 0 Å². The maximum absolute atomic E-state index is 13.7. The highest BCUT2D eigenvalue weighted by atomic mass is 16.5. The van der Waals surface area contributed by atoms with Crippen LogP contribution in [0.5, 0.6) is 0 Å². The molecule has 0 aromatic rings. The molecule has 0 spiro atoms. The average molecular weight is 569 g/mol. The van der Waals surface area contributed by atoms with Crippen LogP contribution in [0.3, 0.4) is 0 Å². The summed E-state index contributed by atoms with van der Waals surface area (Å²) in [5.74, 6) is -0.315. The summed E-state index contributed by atoms with van der Waals surface area (Å²) in [6, 6.07) is 0. The second-order valence-corrected chi connectivity index (χ2v) is 15.8. The Morgan fingerprint density at radius 3 is 2.17 bits per heavy atom. The third-order valence-corrected chi connectivity index (χ3v) is 12.1. The Kier molecular flexibility index (Phi) is 6.93. The fourth-order valence-corrected chi connectivity index (χ4v) is 10.8. The quantitative estimate of drug-likeness (QED) is 0.352. The minimum absolute atomic E-state index is 0.0109. The summed E-state index contributed by atoms with van der Waals surface area (Å²) in [6.07, 6.45) is 12.0. The number of esters is 2. The van der Waals surface area contributed by atoms with Crippen LogP contribution in [0.15, 0.2) is 23.3 Å². The average Bonchev–Trinajstić information content (AvgIpc) is 2.98. The topological polar surface area (TPSA) is 110 Å². The molecule has 2 N–H and O–H groups in total. The first-order chi connectivity index (χ1) is 19.1. The molecule has 41 heavy (non-hydrogen) atoms. The monoisotopic (exact) mass is 568 g/mol. The highest BCUT2D eigenvalue weighted by Crippen LogP contribution is 2.62. The predicted molar refractivity (Wildman–Crippen MR) is 152 cm³/mol. The van der Waals surface area contributed by atoms with Gasteiger partial charge >= 0.3 is 11.9 Å². The number of Topliss-reactive ketones (excluding diaryl/α,β-unsaturated/α-hetero) is 1. The van der Waals surface area contributed by atoms with Crippen molar-refractivity contribution in [1.29, 1.82) is 0 Å². The molecule has 226 valence electrons. The van der Waals surface area contributed by atoms with Gasteiger partial charge in [0.1, 0.15) is 18.3 Å². The van der Waals surface area contributed by atoms with E-state index in [1.54, 1.807) is 13.0 Å². The highest BCUT2D eigenvalue weighted by Gasteiger charge is 2.64. The lowest BCUT2D eigenvalue weighted by Crippen LogP contribution is -2.57. The lowest BCUT2D eigenvalue weighted by atomic mass is 9.49. The second-order valence-electron chi connectivity index (χ2n) is 15.8. The van der Waals surface area contributed by atoms with Gasteiger partial charge in [-0.05, 0) is 98.5 Å². The zero-order valence-electron chi connectivity index (χ0n) is 25.4. The van der Waals surface area contributed by atoms with Crippen LogP contribution < -0.4 is 0 Å². The summed E-state index contributed by atoms with van der Waals surface area (Å²) in [5, 5.41) is 24.5. The van der Waals surface area contributed by atoms with Crippen molar-refractivity contribution in [2.45, 2.75) is 116 Å². The molecule has 2 unspecified atom stereocenters. The lowest BCUT2D eigenvalue weighted by Gasteiger charge is -2.56. The van der Waals surface area contributed by atoms with E-state index < -0.39 is 40.5 Å². The zero-order chi connectivity index (χ0) is 29.5. The molecule has 0 radical (unpaired) electrons. The van der Waals surface area contributed by atoms with Crippen LogP contribution in [-0.2, 0) is 23.9 Å². The Morgan fingerprint density at radius 2 is 1.59 bits per heavy atom. The Hall–Kier alpha value is -1.99. The first-order valence-corrected chi connectivity index (χ1v) is 15.8. The number of fused-ring (bicyclic) bond motifs is 3. The molecule has 5 fully saturated rings. The van der Waals surface area contributed by atoms with Gasteiger partial charge in [-0.2, -0.15) is 0 Å². The summed E-state index contributed by atoms with van der Waals surface area (Å²) < 4.78 is 11.7. The van der Waals surface area contributed by atoms with Gasteiger partial charge in [-0.15, -0.1) is 0 Å². The number of carbonyl (C=O) groups is 3. The number of hydrogen-bond donors (Lipinski definition) is 2. The number of ketones is 1. The van der Waals surface area contributed by atoms with Crippen LogP contribution >= 0.6 is 0 Å². The van der Waals surface area contributed by atoms with Crippen LogP contribution in [0, 0.1) is 46.3 Å². The molecule has 7 rings (SSSR count). The van der Waals surface area contributed by atoms with E-state index in [9.17, 15) is 24.6 Å². The molecule has 0 heterocycles. The standard InChI is InChI=1S/C34H48O7/c1-19-6-27-33(38,30(19)37)16-25(18-40-21(3)35)10-26-11-28(31(4,5)12-20(2)34(26,27)39)41-29(36)17-32-13-22-7-23(14-32)9-24(8-22)15-32/h6,10,20,22-24,26-28,38-39H,7-9,11-18H2,1-5H3/t20-,22?,23?,24?,26?,27-,28?,32?,33-,34-/m1/s1. The number of hydrogen-bond acceptors (Lipinski definition) is 7. The lowest BCUT2D eigenvalue weighted by molar-refractivity contribution is -0.165. The van der Waals surface area contributed by atoms with Gasteiger partial charge in [0, 0.05) is 30.6 Å². The normalized spacial score (nSPS) is 46.0. The summed E-state index contributed by atoms with van der Waals surface area (Å²) in [7, 11) is 0. The summed E-state index contributed by atoms with van der Waals surface area (Å²) in [4.78, 5) is 38.7. The first-order valence-electron chi connectivity index (χ1n) is 15.8. The van der Waals surface area contributed by atoms with Crippen LogP contribution in [0.4, 0.5) is 0 Å². The molecule has 6 atom stereocenters. The Balaban J connectivity index is 1.30. The highest BCUT2D eigenvalue weighted by molar-refractivity contribution is 6.04. The summed E-state index contributed by atoms with van der Waals surface area (Å²) in [6.45, 7) is 9.12. The molecule has 7 aliphatic rings. The number of ether oxygens (including phenoxy) is 2. The van der Waals surface area contributed by atoms with Gasteiger partial charge in [-0.1, -0.05) is 32.9 Å². The molecule has 7 heteroatoms. The van der Waals surface area contributed by atoms with E-state index in [1.165, 1.54) is 26.2 Å². The molecular formula is C34H48O7. The fourth-order valence-electron chi connectivity index (χ4n) is 10.8. The van der Waals surface area contributed by atoms with Crippen molar-refractivity contribution in [3.8, 4) is 0 Å². The molecule has 0 aliphatic heterocycles. The van der Waals surface area contributed by atoms with Gasteiger partial charge in [0.2, 0.25) is 0 Å². The third-order valence-electron chi connectivity index (χ3n) is 12.1. The number of rotatable bonds is 5. The van der Waals surface area contributed by atoms with E-state index in [4.69, 9.17) is 9.47 Å². The maximum atomic E-state index is 13.7. The van der Waals surface area contributed by atoms with Crippen molar-refractivity contribution in [1.82, 2.24) is 0 Å². The van der Waals surface area contributed by atoms with Crippen LogP contribution in [-0.4, -0.2) is 51.8 Å². The Morgan fingerprint density at radius 1 is 0.976 bits per heavy atom. The van der Waals surface area contributed by atoms with E-state index in [0.29, 0.717) is 30.4 Å². The zero-order valence-corrected chi connectivity index (χ0v) is 25.4. The summed E-state index contributed by atoms with van der Waals surface area (Å²) >= 11 is 0. The first kappa shape index (κ1) is 29.1. The molecule has 0 aromatic heterocycles. The molecular weight excluding hydrogens is 520 g/mol. The largest absolute Gasteiger partial charge is 0.462 e. The van der Waals surface area contributed by atoms with Gasteiger partial charge in [-0.3, -0.25) is 14.4 Å². The van der Waals surface area contributed by atoms with Crippen molar-refractivity contribution in [3.63, 3.8) is 0 Å². The van der Waals surface area contributed by atoms with Gasteiger partial charge < -0.3 is 19.7 Å². The van der Waals surface area contributed by atoms with Gasteiger partial charge in [0.25, 0.3) is 0 Å². The van der Waals surface area contributed by atoms with Crippen LogP contribution in [0.1, 0.15) is 98.8 Å². The molecule has 7 aliphatic carbocycles. The molecule has 7 nitrogen and oxygen atoms in total. The van der Waals surface area contributed by atoms with Gasteiger partial charge in [-0.25, -0.2) is 0 Å². The van der Waals surface area contributed by atoms with Crippen molar-refractivity contribution in [3.05, 3.63) is 23.3 Å². The van der Waals surface area contributed by atoms with Gasteiger partial charge in [0.15, 0.2) is 5.78 Å². The van der Waals surface area contributed by atoms with Gasteiger partial charge in [0.05, 0.1) is 12.0 Å². The SMILES string of the molecule is CC(=O)OCC1=CC2CC(OC(=O)CC34CC5CC(CC(C5)C3)C4)C(C)(C)C[C@@H](C)[C@]2(O)[C@@H]2C=C(C)C(=O)[C@@]2(O)C1. The second kappa shape index (κ2) is 9.77. The van der Waals surface area contributed by atoms with E-state index in [1.807, 2.05) is 13.0 Å². The fraction of sp³-hybridized carbons (Fsp3) is 0.794. The van der Waals surface area contributed by atoms with Crippen LogP contribution in [0.2, 0.25) is 0 Å². The van der Waals surface area contributed by atoms with Crippen molar-refractivity contribution in [2.24, 2.45) is 46.3 Å². The Bertz CT molecular complexity index is 1160. The Labute approximate surface area is 244 Å². The molecule has 0 aromatic carbocycles. The third kappa shape index (κ3) is 4.83. The van der Waals surface area contributed by atoms with Crippen molar-refractivity contribution in [2.75, 3.05) is 6.61 Å². The van der Waals surface area contributed by atoms with E-state index in [0.717, 1.165) is 37.0 Å². The van der Waals surface area contributed by atoms with Crippen molar-refractivity contribution >= 4 is 17.7 Å². The van der Waals surface area contributed by atoms with E-state index in [-0.39, 0.29) is 36.1 Å². The molecule has 4 bridgehead atoms. The smallest absolute Gasteiger partial charge is 0.306 e. The van der Waals surface area contributed by atoms with Crippen molar-refractivity contribution < 1.29 is 34.1 Å². The van der Waals surface area contributed by atoms with E-state index in [2.05, 4.69) is 13.8 Å². The number of aliphatic hydroxyl groups is 2.